The number of benzene rings is 1. The first-order valence-electron chi connectivity index (χ1n) is 6.84. The number of fused-ring (bicyclic) bond motifs is 1. The van der Waals surface area contributed by atoms with E-state index in [9.17, 15) is 0 Å². The van der Waals surface area contributed by atoms with Gasteiger partial charge >= 0.3 is 0 Å². The maximum atomic E-state index is 5.83. The van der Waals surface area contributed by atoms with E-state index in [4.69, 9.17) is 10.7 Å². The molecule has 1 aliphatic heterocycles. The van der Waals surface area contributed by atoms with E-state index in [0.717, 1.165) is 43.1 Å². The SMILES string of the molecule is Cc1cc(N2CCNCC2)nc2c(CN)cccc12. The van der Waals surface area contributed by atoms with Crippen LogP contribution in [0.1, 0.15) is 11.1 Å². The predicted octanol–water partition coefficient (Wildman–Crippen LogP) is 1.41. The summed E-state index contributed by atoms with van der Waals surface area (Å²) in [6.45, 7) is 6.77. The van der Waals surface area contributed by atoms with E-state index in [1.54, 1.807) is 0 Å². The number of piperazine rings is 1. The summed E-state index contributed by atoms with van der Waals surface area (Å²) >= 11 is 0. The average Bonchev–Trinajstić information content (AvgIpc) is 2.47. The molecular weight excluding hydrogens is 236 g/mol. The minimum Gasteiger partial charge on any atom is -0.354 e. The molecule has 2 heterocycles. The van der Waals surface area contributed by atoms with Gasteiger partial charge in [-0.15, -0.1) is 0 Å². The summed E-state index contributed by atoms with van der Waals surface area (Å²) in [7, 11) is 0. The standard InChI is InChI=1S/C15H20N4/c1-11-9-14(19-7-5-17-6-8-19)18-15-12(10-16)3-2-4-13(11)15/h2-4,9,17H,5-8,10,16H2,1H3. The highest BCUT2D eigenvalue weighted by atomic mass is 15.2. The van der Waals surface area contributed by atoms with Gasteiger partial charge in [0.05, 0.1) is 5.52 Å². The molecule has 3 N–H and O–H groups in total. The van der Waals surface area contributed by atoms with Crippen LogP contribution in [-0.2, 0) is 6.54 Å². The molecule has 0 saturated carbocycles. The summed E-state index contributed by atoms with van der Waals surface area (Å²) in [5, 5.41) is 4.58. The second-order valence-electron chi connectivity index (χ2n) is 5.05. The first-order chi connectivity index (χ1) is 9.29. The van der Waals surface area contributed by atoms with Gasteiger partial charge in [-0.3, -0.25) is 0 Å². The van der Waals surface area contributed by atoms with Crippen LogP contribution in [0.25, 0.3) is 10.9 Å². The summed E-state index contributed by atoms with van der Waals surface area (Å²) < 4.78 is 0. The molecule has 0 aliphatic carbocycles. The molecule has 1 aromatic heterocycles. The number of aryl methyl sites for hydroxylation is 1. The summed E-state index contributed by atoms with van der Waals surface area (Å²) in [6.07, 6.45) is 0. The first-order valence-corrected chi connectivity index (χ1v) is 6.84. The number of hydrogen-bond acceptors (Lipinski definition) is 4. The topological polar surface area (TPSA) is 54.2 Å². The molecular formula is C15H20N4. The number of nitrogens with zero attached hydrogens (tertiary/aromatic N) is 2. The fraction of sp³-hybridized carbons (Fsp3) is 0.400. The highest BCUT2D eigenvalue weighted by molar-refractivity contribution is 5.86. The maximum Gasteiger partial charge on any atom is 0.129 e. The molecule has 100 valence electrons. The van der Waals surface area contributed by atoms with E-state index in [2.05, 4.69) is 41.4 Å². The highest BCUT2D eigenvalue weighted by Crippen LogP contribution is 2.25. The summed E-state index contributed by atoms with van der Waals surface area (Å²) in [5.74, 6) is 1.08. The third-order valence-electron chi connectivity index (χ3n) is 3.78. The Morgan fingerprint density at radius 3 is 2.84 bits per heavy atom. The van der Waals surface area contributed by atoms with Crippen LogP contribution >= 0.6 is 0 Å². The quantitative estimate of drug-likeness (QED) is 0.853. The summed E-state index contributed by atoms with van der Waals surface area (Å²) in [4.78, 5) is 7.19. The monoisotopic (exact) mass is 256 g/mol. The number of anilines is 1. The zero-order valence-corrected chi connectivity index (χ0v) is 11.3. The number of rotatable bonds is 2. The molecule has 0 unspecified atom stereocenters. The van der Waals surface area contributed by atoms with Crippen LogP contribution in [0.15, 0.2) is 24.3 Å². The van der Waals surface area contributed by atoms with E-state index in [0.29, 0.717) is 6.54 Å². The molecule has 0 radical (unpaired) electrons. The number of aromatic nitrogens is 1. The van der Waals surface area contributed by atoms with Gasteiger partial charge in [0, 0.05) is 38.1 Å². The fourth-order valence-corrected chi connectivity index (χ4v) is 2.68. The van der Waals surface area contributed by atoms with Crippen LogP contribution < -0.4 is 16.0 Å². The maximum absolute atomic E-state index is 5.83. The van der Waals surface area contributed by atoms with Crippen LogP contribution in [0.2, 0.25) is 0 Å². The number of nitrogens with two attached hydrogens (primary N) is 1. The number of para-hydroxylation sites is 1. The first kappa shape index (κ1) is 12.4. The van der Waals surface area contributed by atoms with Crippen LogP contribution in [-0.4, -0.2) is 31.2 Å². The Bertz CT molecular complexity index is 588. The van der Waals surface area contributed by atoms with Gasteiger partial charge in [-0.25, -0.2) is 4.98 Å². The molecule has 4 nitrogen and oxygen atoms in total. The Morgan fingerprint density at radius 2 is 2.11 bits per heavy atom. The van der Waals surface area contributed by atoms with Gasteiger partial charge in [0.15, 0.2) is 0 Å². The molecule has 0 spiro atoms. The van der Waals surface area contributed by atoms with Gasteiger partial charge in [-0.1, -0.05) is 18.2 Å². The van der Waals surface area contributed by atoms with Crippen molar-refractivity contribution < 1.29 is 0 Å². The lowest BCUT2D eigenvalue weighted by molar-refractivity contribution is 0.585. The predicted molar refractivity (Wildman–Crippen MR) is 79.5 cm³/mol. The normalized spacial score (nSPS) is 16.0. The van der Waals surface area contributed by atoms with Gasteiger partial charge in [0.1, 0.15) is 5.82 Å². The smallest absolute Gasteiger partial charge is 0.129 e. The molecule has 4 heteroatoms. The zero-order chi connectivity index (χ0) is 13.2. The van der Waals surface area contributed by atoms with Crippen LogP contribution in [0, 0.1) is 6.92 Å². The van der Waals surface area contributed by atoms with Gasteiger partial charge in [-0.05, 0) is 24.1 Å². The molecule has 0 bridgehead atoms. The molecule has 19 heavy (non-hydrogen) atoms. The lowest BCUT2D eigenvalue weighted by Gasteiger charge is -2.29. The second kappa shape index (κ2) is 5.15. The van der Waals surface area contributed by atoms with Gasteiger partial charge in [0.25, 0.3) is 0 Å². The Morgan fingerprint density at radius 1 is 1.32 bits per heavy atom. The number of hydrogen-bond donors (Lipinski definition) is 2. The molecule has 0 amide bonds. The van der Waals surface area contributed by atoms with Crippen molar-refractivity contribution in [2.75, 3.05) is 31.1 Å². The summed E-state index contributed by atoms with van der Waals surface area (Å²) in [5.41, 5.74) is 9.28. The van der Waals surface area contributed by atoms with Crippen LogP contribution in [0.3, 0.4) is 0 Å². The second-order valence-corrected chi connectivity index (χ2v) is 5.05. The largest absolute Gasteiger partial charge is 0.354 e. The molecule has 1 aliphatic rings. The van der Waals surface area contributed by atoms with E-state index < -0.39 is 0 Å². The average molecular weight is 256 g/mol. The van der Waals surface area contributed by atoms with Crippen molar-refractivity contribution in [3.05, 3.63) is 35.4 Å². The van der Waals surface area contributed by atoms with Crippen molar-refractivity contribution in [3.8, 4) is 0 Å². The lowest BCUT2D eigenvalue weighted by atomic mass is 10.1. The summed E-state index contributed by atoms with van der Waals surface area (Å²) in [6, 6.07) is 8.44. The van der Waals surface area contributed by atoms with E-state index in [-0.39, 0.29) is 0 Å². The van der Waals surface area contributed by atoms with Crippen molar-refractivity contribution >= 4 is 16.7 Å². The van der Waals surface area contributed by atoms with Crippen LogP contribution in [0.5, 0.6) is 0 Å². The molecule has 0 atom stereocenters. The van der Waals surface area contributed by atoms with Gasteiger partial charge in [0.2, 0.25) is 0 Å². The molecule has 1 saturated heterocycles. The molecule has 3 rings (SSSR count). The fourth-order valence-electron chi connectivity index (χ4n) is 2.68. The molecule has 1 fully saturated rings. The number of nitrogens with one attached hydrogen (secondary N) is 1. The van der Waals surface area contributed by atoms with E-state index in [1.165, 1.54) is 10.9 Å². The van der Waals surface area contributed by atoms with Gasteiger partial charge in [-0.2, -0.15) is 0 Å². The Kier molecular flexibility index (Phi) is 3.36. The molecule has 2 aromatic rings. The zero-order valence-electron chi connectivity index (χ0n) is 11.3. The Balaban J connectivity index is 2.11. The lowest BCUT2D eigenvalue weighted by Crippen LogP contribution is -2.43. The minimum atomic E-state index is 0.536. The van der Waals surface area contributed by atoms with Crippen LogP contribution in [0.4, 0.5) is 5.82 Å². The van der Waals surface area contributed by atoms with Crippen molar-refractivity contribution in [3.63, 3.8) is 0 Å². The Hall–Kier alpha value is -1.65. The van der Waals surface area contributed by atoms with Crippen molar-refractivity contribution in [1.29, 1.82) is 0 Å². The van der Waals surface area contributed by atoms with E-state index in [1.807, 2.05) is 0 Å². The van der Waals surface area contributed by atoms with Gasteiger partial charge < -0.3 is 16.0 Å². The highest BCUT2D eigenvalue weighted by Gasteiger charge is 2.14. The minimum absolute atomic E-state index is 0.536. The van der Waals surface area contributed by atoms with Crippen molar-refractivity contribution in [2.45, 2.75) is 13.5 Å². The van der Waals surface area contributed by atoms with E-state index >= 15 is 0 Å². The van der Waals surface area contributed by atoms with Crippen molar-refractivity contribution in [2.24, 2.45) is 5.73 Å². The Labute approximate surface area is 113 Å². The third-order valence-corrected chi connectivity index (χ3v) is 3.78. The third kappa shape index (κ3) is 2.29. The van der Waals surface area contributed by atoms with Crippen molar-refractivity contribution in [1.82, 2.24) is 10.3 Å². The number of pyridine rings is 1. The molecule has 1 aromatic carbocycles.